The summed E-state index contributed by atoms with van der Waals surface area (Å²) in [5.41, 5.74) is 1.68. The fourth-order valence-corrected chi connectivity index (χ4v) is 3.95. The molecule has 1 amide bonds. The topological polar surface area (TPSA) is 79.4 Å². The third kappa shape index (κ3) is 4.96. The van der Waals surface area contributed by atoms with E-state index in [0.29, 0.717) is 17.8 Å². The molecule has 2 aromatic carbocycles. The molecule has 0 fully saturated rings. The second-order valence-corrected chi connectivity index (χ2v) is 8.75. The molecule has 0 aliphatic carbocycles. The van der Waals surface area contributed by atoms with E-state index in [2.05, 4.69) is 25.6 Å². The van der Waals surface area contributed by atoms with Crippen molar-refractivity contribution in [1.82, 2.24) is 9.88 Å². The molecule has 1 aromatic heterocycles. The molecule has 3 rings (SSSR count). The molecule has 0 aliphatic heterocycles. The Morgan fingerprint density at radius 3 is 2.43 bits per heavy atom. The zero-order valence-corrected chi connectivity index (χ0v) is 17.4. The average Bonchev–Trinajstić information content (AvgIpc) is 2.70. The van der Waals surface area contributed by atoms with Gasteiger partial charge in [0.15, 0.2) is 0 Å². The Kier molecular flexibility index (Phi) is 6.11. The fourth-order valence-electron chi connectivity index (χ4n) is 2.58. The van der Waals surface area contributed by atoms with Crippen LogP contribution in [0.3, 0.4) is 0 Å². The lowest BCUT2D eigenvalue weighted by Gasteiger charge is -2.18. The van der Waals surface area contributed by atoms with Gasteiger partial charge in [-0.25, -0.2) is 8.42 Å². The van der Waals surface area contributed by atoms with Gasteiger partial charge in [0.2, 0.25) is 0 Å². The number of hydrogen-bond acceptors (Lipinski definition) is 4. The van der Waals surface area contributed by atoms with Crippen molar-refractivity contribution >= 4 is 37.5 Å². The highest BCUT2D eigenvalue weighted by atomic mass is 79.9. The lowest BCUT2D eigenvalue weighted by molar-refractivity contribution is 0.0785. The van der Waals surface area contributed by atoms with Crippen LogP contribution in [-0.4, -0.2) is 31.3 Å². The Balaban J connectivity index is 1.78. The van der Waals surface area contributed by atoms with Crippen molar-refractivity contribution in [1.29, 1.82) is 0 Å². The summed E-state index contributed by atoms with van der Waals surface area (Å²) in [6, 6.07) is 16.4. The number of amides is 1. The van der Waals surface area contributed by atoms with Crippen LogP contribution in [0.15, 0.2) is 82.4 Å². The molecule has 6 nitrogen and oxygen atoms in total. The number of anilines is 1. The maximum atomic E-state index is 12.7. The van der Waals surface area contributed by atoms with Crippen LogP contribution >= 0.6 is 15.9 Å². The molecule has 0 radical (unpaired) electrons. The second-order valence-electron chi connectivity index (χ2n) is 6.16. The van der Waals surface area contributed by atoms with Gasteiger partial charge in [-0.3, -0.25) is 14.5 Å². The maximum Gasteiger partial charge on any atom is 0.261 e. The number of aromatic nitrogens is 1. The molecule has 28 heavy (non-hydrogen) atoms. The van der Waals surface area contributed by atoms with Crippen molar-refractivity contribution in [3.8, 4) is 0 Å². The van der Waals surface area contributed by atoms with E-state index in [9.17, 15) is 13.2 Å². The Morgan fingerprint density at radius 2 is 1.75 bits per heavy atom. The highest BCUT2D eigenvalue weighted by Gasteiger charge is 2.18. The summed E-state index contributed by atoms with van der Waals surface area (Å²) in [6.45, 7) is 0.398. The molecule has 0 atom stereocenters. The van der Waals surface area contributed by atoms with Crippen molar-refractivity contribution < 1.29 is 13.2 Å². The van der Waals surface area contributed by atoms with Gasteiger partial charge >= 0.3 is 0 Å². The lowest BCUT2D eigenvalue weighted by Crippen LogP contribution is -2.26. The molecule has 1 heterocycles. The van der Waals surface area contributed by atoms with Crippen molar-refractivity contribution in [2.24, 2.45) is 0 Å². The Hall–Kier alpha value is -2.71. The van der Waals surface area contributed by atoms with Crippen molar-refractivity contribution in [2.75, 3.05) is 11.8 Å². The first-order chi connectivity index (χ1) is 13.3. The monoisotopic (exact) mass is 459 g/mol. The van der Waals surface area contributed by atoms with Crippen LogP contribution in [-0.2, 0) is 16.6 Å². The molecule has 3 aromatic rings. The summed E-state index contributed by atoms with van der Waals surface area (Å²) < 4.78 is 28.7. The standard InChI is InChI=1S/C20H18BrN3O3S/c1-24(14-15-9-11-22-12-10-15)20(25)16-3-2-4-19(13-16)28(26,27)23-18-7-5-17(21)6-8-18/h2-13,23H,14H2,1H3. The van der Waals surface area contributed by atoms with Crippen molar-refractivity contribution in [3.05, 3.63) is 88.7 Å². The minimum atomic E-state index is -3.81. The van der Waals surface area contributed by atoms with Crippen molar-refractivity contribution in [2.45, 2.75) is 11.4 Å². The molecule has 0 unspecified atom stereocenters. The van der Waals surface area contributed by atoms with Gasteiger partial charge < -0.3 is 4.90 Å². The van der Waals surface area contributed by atoms with Crippen LogP contribution < -0.4 is 4.72 Å². The number of nitrogens with one attached hydrogen (secondary N) is 1. The number of nitrogens with zero attached hydrogens (tertiary/aromatic N) is 2. The summed E-state index contributed by atoms with van der Waals surface area (Å²) in [5, 5.41) is 0. The van der Waals surface area contributed by atoms with E-state index in [-0.39, 0.29) is 10.8 Å². The third-order valence-electron chi connectivity index (χ3n) is 4.00. The zero-order valence-electron chi connectivity index (χ0n) is 15.0. The first-order valence-electron chi connectivity index (χ1n) is 8.38. The molecule has 0 bridgehead atoms. The van der Waals surface area contributed by atoms with E-state index < -0.39 is 10.0 Å². The Labute approximate surface area is 172 Å². The van der Waals surface area contributed by atoms with Gasteiger partial charge in [-0.15, -0.1) is 0 Å². The highest BCUT2D eigenvalue weighted by molar-refractivity contribution is 9.10. The summed E-state index contributed by atoms with van der Waals surface area (Å²) in [7, 11) is -2.14. The molecule has 0 spiro atoms. The predicted molar refractivity (Wildman–Crippen MR) is 111 cm³/mol. The number of carbonyl (C=O) groups is 1. The van der Waals surface area contributed by atoms with E-state index in [0.717, 1.165) is 10.0 Å². The molecule has 0 aliphatic rings. The SMILES string of the molecule is CN(Cc1ccncc1)C(=O)c1cccc(S(=O)(=O)Nc2ccc(Br)cc2)c1. The number of halogens is 1. The van der Waals surface area contributed by atoms with Crippen LogP contribution in [0.4, 0.5) is 5.69 Å². The third-order valence-corrected chi connectivity index (χ3v) is 5.91. The molecule has 0 saturated carbocycles. The maximum absolute atomic E-state index is 12.7. The number of benzene rings is 2. The number of sulfonamides is 1. The number of rotatable bonds is 6. The van der Waals surface area contributed by atoms with Gasteiger partial charge in [-0.1, -0.05) is 22.0 Å². The largest absolute Gasteiger partial charge is 0.337 e. The van der Waals surface area contributed by atoms with E-state index >= 15 is 0 Å². The van der Waals surface area contributed by atoms with Crippen LogP contribution in [0.1, 0.15) is 15.9 Å². The minimum absolute atomic E-state index is 0.0265. The van der Waals surface area contributed by atoms with Gasteiger partial charge in [-0.05, 0) is 60.2 Å². The summed E-state index contributed by atoms with van der Waals surface area (Å²) in [5.74, 6) is -0.266. The van der Waals surface area contributed by atoms with Crippen molar-refractivity contribution in [3.63, 3.8) is 0 Å². The molecule has 144 valence electrons. The second kappa shape index (κ2) is 8.53. The number of pyridine rings is 1. The Bertz CT molecular complexity index is 1070. The first kappa shape index (κ1) is 20.0. The number of hydrogen-bond donors (Lipinski definition) is 1. The Morgan fingerprint density at radius 1 is 1.07 bits per heavy atom. The summed E-state index contributed by atoms with van der Waals surface area (Å²) in [6.07, 6.45) is 3.32. The van der Waals surface area contributed by atoms with E-state index in [1.165, 1.54) is 17.0 Å². The quantitative estimate of drug-likeness (QED) is 0.605. The minimum Gasteiger partial charge on any atom is -0.337 e. The predicted octanol–water partition coefficient (Wildman–Crippen LogP) is 3.92. The average molecular weight is 460 g/mol. The van der Waals surface area contributed by atoms with E-state index in [1.807, 2.05) is 12.1 Å². The van der Waals surface area contributed by atoms with Crippen LogP contribution in [0.2, 0.25) is 0 Å². The van der Waals surface area contributed by atoms with Crippen LogP contribution in [0.25, 0.3) is 0 Å². The van der Waals surface area contributed by atoms with Crippen LogP contribution in [0.5, 0.6) is 0 Å². The molecular weight excluding hydrogens is 442 g/mol. The molecule has 1 N–H and O–H groups in total. The normalized spacial score (nSPS) is 11.1. The fraction of sp³-hybridized carbons (Fsp3) is 0.100. The number of carbonyl (C=O) groups excluding carboxylic acids is 1. The molecule has 8 heteroatoms. The lowest BCUT2D eigenvalue weighted by atomic mass is 10.2. The molecular formula is C20H18BrN3O3S. The summed E-state index contributed by atoms with van der Waals surface area (Å²) in [4.78, 5) is 18.2. The van der Waals surface area contributed by atoms with E-state index in [4.69, 9.17) is 0 Å². The van der Waals surface area contributed by atoms with Gasteiger partial charge in [0.25, 0.3) is 15.9 Å². The first-order valence-corrected chi connectivity index (χ1v) is 10.7. The van der Waals surface area contributed by atoms with E-state index in [1.54, 1.807) is 55.8 Å². The highest BCUT2D eigenvalue weighted by Crippen LogP contribution is 2.20. The van der Waals surface area contributed by atoms with Gasteiger partial charge in [-0.2, -0.15) is 0 Å². The smallest absolute Gasteiger partial charge is 0.261 e. The van der Waals surface area contributed by atoms with Gasteiger partial charge in [0.05, 0.1) is 4.90 Å². The van der Waals surface area contributed by atoms with Gasteiger partial charge in [0.1, 0.15) is 0 Å². The molecule has 0 saturated heterocycles. The van der Waals surface area contributed by atoms with Gasteiger partial charge in [0, 0.05) is 41.7 Å². The zero-order chi connectivity index (χ0) is 20.1. The summed E-state index contributed by atoms with van der Waals surface area (Å²) >= 11 is 3.31. The van der Waals surface area contributed by atoms with Crippen LogP contribution in [0, 0.1) is 0 Å².